The molecule has 0 saturated carbocycles. The van der Waals surface area contributed by atoms with Crippen LogP contribution in [-0.4, -0.2) is 36.1 Å². The van der Waals surface area contributed by atoms with Gasteiger partial charge in [0.1, 0.15) is 0 Å². The largest absolute Gasteiger partial charge is 0.395 e. The zero-order valence-corrected chi connectivity index (χ0v) is 13.7. The second kappa shape index (κ2) is 7.28. The van der Waals surface area contributed by atoms with Crippen LogP contribution in [0, 0.1) is 24.2 Å². The second-order valence-electron chi connectivity index (χ2n) is 6.55. The van der Waals surface area contributed by atoms with Crippen LogP contribution in [0.3, 0.4) is 0 Å². The summed E-state index contributed by atoms with van der Waals surface area (Å²) in [6, 6.07) is 5.70. The summed E-state index contributed by atoms with van der Waals surface area (Å²) < 4.78 is 0. The lowest BCUT2D eigenvalue weighted by atomic mass is 9.95. The maximum absolute atomic E-state index is 12.6. The number of carbonyl (C=O) groups excluding carboxylic acids is 1. The van der Waals surface area contributed by atoms with Crippen LogP contribution in [0.25, 0.3) is 0 Å². The average Bonchev–Trinajstić information content (AvgIpc) is 2.37. The van der Waals surface area contributed by atoms with Gasteiger partial charge in [0.15, 0.2) is 0 Å². The second-order valence-corrected chi connectivity index (χ2v) is 6.55. The summed E-state index contributed by atoms with van der Waals surface area (Å²) in [6.45, 7) is 9.00. The molecule has 0 spiro atoms. The van der Waals surface area contributed by atoms with E-state index in [0.717, 1.165) is 11.1 Å². The summed E-state index contributed by atoms with van der Waals surface area (Å²) in [5.74, 6) is 5.85. The number of aliphatic hydroxyl groups is 1. The molecule has 0 aliphatic heterocycles. The number of hydrogen-bond donors (Lipinski definition) is 1. The third kappa shape index (κ3) is 5.61. The van der Waals surface area contributed by atoms with Crippen LogP contribution in [0.2, 0.25) is 0 Å². The van der Waals surface area contributed by atoms with Gasteiger partial charge in [0.25, 0.3) is 5.91 Å². The van der Waals surface area contributed by atoms with Crippen LogP contribution < -0.4 is 0 Å². The van der Waals surface area contributed by atoms with Gasteiger partial charge in [-0.1, -0.05) is 44.2 Å². The van der Waals surface area contributed by atoms with Crippen molar-refractivity contribution in [3.8, 4) is 11.8 Å². The van der Waals surface area contributed by atoms with Crippen LogP contribution in [0.1, 0.15) is 48.7 Å². The highest BCUT2D eigenvalue weighted by molar-refractivity contribution is 5.96. The lowest BCUT2D eigenvalue weighted by molar-refractivity contribution is 0.0745. The number of aryl methyl sites for hydroxylation is 1. The van der Waals surface area contributed by atoms with E-state index in [2.05, 4.69) is 32.6 Å². The quantitative estimate of drug-likeness (QED) is 0.868. The first-order valence-electron chi connectivity index (χ1n) is 7.20. The Kier molecular flexibility index (Phi) is 5.99. The molecule has 1 amide bonds. The molecule has 0 aliphatic carbocycles. The molecule has 1 aromatic carbocycles. The van der Waals surface area contributed by atoms with Crippen molar-refractivity contribution in [2.24, 2.45) is 5.41 Å². The van der Waals surface area contributed by atoms with Crippen LogP contribution in [-0.2, 0) is 0 Å². The van der Waals surface area contributed by atoms with E-state index in [9.17, 15) is 4.79 Å². The molecule has 0 radical (unpaired) electrons. The SMILES string of the molecule is Cc1ccc(C#CCCO)c(C(=O)N(C)CC(C)(C)C)c1. The Balaban J connectivity index is 3.08. The minimum absolute atomic E-state index is 0.0121. The summed E-state index contributed by atoms with van der Waals surface area (Å²) >= 11 is 0. The van der Waals surface area contributed by atoms with Gasteiger partial charge >= 0.3 is 0 Å². The molecular weight excluding hydrogens is 262 g/mol. The van der Waals surface area contributed by atoms with Gasteiger partial charge < -0.3 is 10.0 Å². The third-order valence-corrected chi connectivity index (χ3v) is 2.92. The van der Waals surface area contributed by atoms with E-state index < -0.39 is 0 Å². The Hall–Kier alpha value is -1.79. The highest BCUT2D eigenvalue weighted by Gasteiger charge is 2.20. The van der Waals surface area contributed by atoms with Crippen molar-refractivity contribution in [3.63, 3.8) is 0 Å². The van der Waals surface area contributed by atoms with Gasteiger partial charge in [-0.15, -0.1) is 0 Å². The summed E-state index contributed by atoms with van der Waals surface area (Å²) in [5, 5.41) is 8.81. The highest BCUT2D eigenvalue weighted by Crippen LogP contribution is 2.18. The van der Waals surface area contributed by atoms with Gasteiger partial charge in [0, 0.05) is 25.6 Å². The maximum atomic E-state index is 12.6. The van der Waals surface area contributed by atoms with Gasteiger partial charge in [-0.05, 0) is 24.5 Å². The van der Waals surface area contributed by atoms with E-state index in [1.165, 1.54) is 0 Å². The normalized spacial score (nSPS) is 10.8. The Bertz CT molecular complexity index is 559. The molecule has 1 rings (SSSR count). The van der Waals surface area contributed by atoms with Crippen molar-refractivity contribution in [2.45, 2.75) is 34.1 Å². The Morgan fingerprint density at radius 3 is 2.57 bits per heavy atom. The van der Waals surface area contributed by atoms with E-state index in [4.69, 9.17) is 5.11 Å². The van der Waals surface area contributed by atoms with E-state index in [0.29, 0.717) is 18.5 Å². The zero-order chi connectivity index (χ0) is 16.0. The van der Waals surface area contributed by atoms with E-state index in [1.54, 1.807) is 4.90 Å². The molecule has 0 atom stereocenters. The van der Waals surface area contributed by atoms with Crippen LogP contribution >= 0.6 is 0 Å². The van der Waals surface area contributed by atoms with Crippen molar-refractivity contribution in [1.29, 1.82) is 0 Å². The fourth-order valence-electron chi connectivity index (χ4n) is 2.15. The molecule has 1 N–H and O–H groups in total. The van der Waals surface area contributed by atoms with E-state index in [-0.39, 0.29) is 17.9 Å². The summed E-state index contributed by atoms with van der Waals surface area (Å²) in [4.78, 5) is 14.4. The Labute approximate surface area is 128 Å². The van der Waals surface area contributed by atoms with Crippen molar-refractivity contribution in [1.82, 2.24) is 4.90 Å². The van der Waals surface area contributed by atoms with Crippen molar-refractivity contribution in [3.05, 3.63) is 34.9 Å². The minimum Gasteiger partial charge on any atom is -0.395 e. The van der Waals surface area contributed by atoms with Gasteiger partial charge in [-0.25, -0.2) is 0 Å². The van der Waals surface area contributed by atoms with Crippen molar-refractivity contribution in [2.75, 3.05) is 20.2 Å². The lowest BCUT2D eigenvalue weighted by Crippen LogP contribution is -2.34. The molecular formula is C18H25NO2. The first-order chi connectivity index (χ1) is 9.74. The summed E-state index contributed by atoms with van der Waals surface area (Å²) in [5.41, 5.74) is 2.44. The topological polar surface area (TPSA) is 40.5 Å². The Morgan fingerprint density at radius 1 is 1.33 bits per heavy atom. The van der Waals surface area contributed by atoms with Crippen LogP contribution in [0.4, 0.5) is 0 Å². The molecule has 0 unspecified atom stereocenters. The molecule has 21 heavy (non-hydrogen) atoms. The van der Waals surface area contributed by atoms with Crippen LogP contribution in [0.5, 0.6) is 0 Å². The number of carbonyl (C=O) groups is 1. The van der Waals surface area contributed by atoms with E-state index >= 15 is 0 Å². The molecule has 114 valence electrons. The number of rotatable bonds is 3. The fourth-order valence-corrected chi connectivity index (χ4v) is 2.15. The predicted molar refractivity (Wildman–Crippen MR) is 86.2 cm³/mol. The number of benzene rings is 1. The number of nitrogens with zero attached hydrogens (tertiary/aromatic N) is 1. The predicted octanol–water partition coefficient (Wildman–Crippen LogP) is 2.85. The maximum Gasteiger partial charge on any atom is 0.254 e. The molecule has 0 bridgehead atoms. The number of aliphatic hydroxyl groups excluding tert-OH is 1. The summed E-state index contributed by atoms with van der Waals surface area (Å²) in [6.07, 6.45) is 0.416. The lowest BCUT2D eigenvalue weighted by Gasteiger charge is -2.27. The fraction of sp³-hybridized carbons (Fsp3) is 0.500. The van der Waals surface area contributed by atoms with Crippen LogP contribution in [0.15, 0.2) is 18.2 Å². The summed E-state index contributed by atoms with van der Waals surface area (Å²) in [7, 11) is 1.82. The first-order valence-corrected chi connectivity index (χ1v) is 7.20. The van der Waals surface area contributed by atoms with Crippen molar-refractivity contribution >= 4 is 5.91 Å². The molecule has 0 aromatic heterocycles. The molecule has 0 saturated heterocycles. The standard InChI is InChI=1S/C18H25NO2/c1-14-9-10-15(8-6-7-11-20)16(12-14)17(21)19(5)13-18(2,3)4/h9-10,12,20H,7,11,13H2,1-5H3. The van der Waals surface area contributed by atoms with Gasteiger partial charge in [0.05, 0.1) is 12.2 Å². The average molecular weight is 287 g/mol. The van der Waals surface area contributed by atoms with Gasteiger partial charge in [-0.3, -0.25) is 4.79 Å². The molecule has 1 aromatic rings. The number of hydrogen-bond acceptors (Lipinski definition) is 2. The van der Waals surface area contributed by atoms with E-state index in [1.807, 2.05) is 32.2 Å². The molecule has 0 fully saturated rings. The Morgan fingerprint density at radius 2 is 2.00 bits per heavy atom. The third-order valence-electron chi connectivity index (χ3n) is 2.92. The zero-order valence-electron chi connectivity index (χ0n) is 13.7. The molecule has 3 heteroatoms. The van der Waals surface area contributed by atoms with Crippen molar-refractivity contribution < 1.29 is 9.90 Å². The smallest absolute Gasteiger partial charge is 0.254 e. The highest BCUT2D eigenvalue weighted by atomic mass is 16.2. The number of amides is 1. The monoisotopic (exact) mass is 287 g/mol. The van der Waals surface area contributed by atoms with Gasteiger partial charge in [0.2, 0.25) is 0 Å². The minimum atomic E-state index is -0.0121. The first kappa shape index (κ1) is 17.3. The van der Waals surface area contributed by atoms with Gasteiger partial charge in [-0.2, -0.15) is 0 Å². The molecule has 0 heterocycles. The molecule has 3 nitrogen and oxygen atoms in total. The molecule has 0 aliphatic rings.